The predicted octanol–water partition coefficient (Wildman–Crippen LogP) is 4.42. The number of nitrogens with zero attached hydrogens (tertiary/aromatic N) is 2. The molecular weight excluding hydrogens is 426 g/mol. The molecule has 2 aromatic carbocycles. The van der Waals surface area contributed by atoms with Crippen molar-refractivity contribution in [3.05, 3.63) is 80.6 Å². The summed E-state index contributed by atoms with van der Waals surface area (Å²) in [5, 5.41) is 3.00. The standard InChI is InChI=1S/C22H17ClF2N4O2/c23-15-9-14-19(10-16(15)25)28-11-29(22(14)31)18-5-6-20(30)27-21(18)26-7-1-2-12-8-13(24)3-4-17(12)28/h3-6,8-10H,1-2,7,11H2,(H2,26,27,30). The lowest BCUT2D eigenvalue weighted by Gasteiger charge is -2.39. The minimum atomic E-state index is -0.647. The van der Waals surface area contributed by atoms with Gasteiger partial charge in [0, 0.05) is 18.3 Å². The summed E-state index contributed by atoms with van der Waals surface area (Å²) in [6.45, 7) is 0.546. The van der Waals surface area contributed by atoms with Crippen molar-refractivity contribution in [1.29, 1.82) is 0 Å². The second kappa shape index (κ2) is 7.39. The van der Waals surface area contributed by atoms with Gasteiger partial charge >= 0.3 is 0 Å². The van der Waals surface area contributed by atoms with E-state index in [-0.39, 0.29) is 34.5 Å². The monoisotopic (exact) mass is 442 g/mol. The van der Waals surface area contributed by atoms with Crippen LogP contribution >= 0.6 is 11.6 Å². The van der Waals surface area contributed by atoms with Gasteiger partial charge in [-0.3, -0.25) is 14.5 Å². The normalized spacial score (nSPS) is 15.4. The van der Waals surface area contributed by atoms with Gasteiger partial charge in [0.1, 0.15) is 24.1 Å². The highest BCUT2D eigenvalue weighted by atomic mass is 35.5. The summed E-state index contributed by atoms with van der Waals surface area (Å²) in [5.74, 6) is -0.992. The molecule has 0 saturated carbocycles. The largest absolute Gasteiger partial charge is 0.370 e. The molecule has 0 fully saturated rings. The van der Waals surface area contributed by atoms with Gasteiger partial charge in [-0.15, -0.1) is 0 Å². The highest BCUT2D eigenvalue weighted by molar-refractivity contribution is 6.31. The van der Waals surface area contributed by atoms with E-state index in [9.17, 15) is 18.4 Å². The minimum absolute atomic E-state index is 0.0479. The van der Waals surface area contributed by atoms with Crippen LogP contribution in [0.15, 0.2) is 47.3 Å². The van der Waals surface area contributed by atoms with E-state index in [0.717, 1.165) is 5.56 Å². The number of pyridine rings is 1. The number of benzene rings is 2. The summed E-state index contributed by atoms with van der Waals surface area (Å²) >= 11 is 5.99. The van der Waals surface area contributed by atoms with Crippen LogP contribution in [0, 0.1) is 11.6 Å². The van der Waals surface area contributed by atoms with Gasteiger partial charge < -0.3 is 15.2 Å². The molecule has 2 N–H and O–H groups in total. The fourth-order valence-electron chi connectivity index (χ4n) is 4.09. The van der Waals surface area contributed by atoms with Crippen molar-refractivity contribution >= 4 is 40.4 Å². The van der Waals surface area contributed by atoms with Crippen LogP contribution in [-0.4, -0.2) is 24.1 Å². The number of aromatic amines is 1. The van der Waals surface area contributed by atoms with Crippen LogP contribution in [0.25, 0.3) is 0 Å². The zero-order valence-corrected chi connectivity index (χ0v) is 17.0. The summed E-state index contributed by atoms with van der Waals surface area (Å²) in [6.07, 6.45) is 1.19. The maximum Gasteiger partial charge on any atom is 0.262 e. The summed E-state index contributed by atoms with van der Waals surface area (Å²) in [5.41, 5.74) is 2.15. The molecule has 158 valence electrons. The van der Waals surface area contributed by atoms with E-state index in [1.54, 1.807) is 17.0 Å². The molecule has 0 spiro atoms. The molecule has 1 amide bonds. The number of hydrogen-bond acceptors (Lipinski definition) is 4. The Morgan fingerprint density at radius 2 is 1.74 bits per heavy atom. The molecule has 5 rings (SSSR count). The number of aromatic nitrogens is 1. The number of hydrogen-bond donors (Lipinski definition) is 2. The Hall–Kier alpha value is -3.39. The fraction of sp³-hybridized carbons (Fsp3) is 0.182. The van der Waals surface area contributed by atoms with E-state index in [0.29, 0.717) is 42.3 Å². The van der Waals surface area contributed by atoms with Crippen LogP contribution < -0.4 is 20.7 Å². The van der Waals surface area contributed by atoms with Gasteiger partial charge in [0.15, 0.2) is 0 Å². The lowest BCUT2D eigenvalue weighted by molar-refractivity contribution is 0.0983. The van der Waals surface area contributed by atoms with Crippen molar-refractivity contribution in [3.63, 3.8) is 0 Å². The van der Waals surface area contributed by atoms with E-state index in [1.165, 1.54) is 35.2 Å². The first-order chi connectivity index (χ1) is 14.9. The van der Waals surface area contributed by atoms with Crippen molar-refractivity contribution in [2.24, 2.45) is 0 Å². The second-order valence-corrected chi connectivity index (χ2v) is 7.88. The number of carbonyl (C=O) groups is 1. The van der Waals surface area contributed by atoms with E-state index >= 15 is 0 Å². The van der Waals surface area contributed by atoms with Gasteiger partial charge in [0.2, 0.25) is 5.56 Å². The van der Waals surface area contributed by atoms with Gasteiger partial charge in [0.05, 0.1) is 22.0 Å². The Labute approximate surface area is 181 Å². The minimum Gasteiger partial charge on any atom is -0.370 e. The molecule has 31 heavy (non-hydrogen) atoms. The highest BCUT2D eigenvalue weighted by Crippen LogP contribution is 2.41. The van der Waals surface area contributed by atoms with Gasteiger partial charge in [-0.05, 0) is 54.8 Å². The summed E-state index contributed by atoms with van der Waals surface area (Å²) in [7, 11) is 0. The Morgan fingerprint density at radius 3 is 2.58 bits per heavy atom. The number of H-pyrrole nitrogens is 1. The third kappa shape index (κ3) is 3.33. The fourth-order valence-corrected chi connectivity index (χ4v) is 4.25. The quantitative estimate of drug-likeness (QED) is 0.541. The Bertz CT molecular complexity index is 1280. The first-order valence-electron chi connectivity index (χ1n) is 9.76. The molecule has 0 aliphatic carbocycles. The average molecular weight is 443 g/mol. The number of anilines is 4. The third-order valence-corrected chi connectivity index (χ3v) is 5.82. The molecule has 2 aliphatic heterocycles. The van der Waals surface area contributed by atoms with Crippen molar-refractivity contribution in [3.8, 4) is 0 Å². The second-order valence-electron chi connectivity index (χ2n) is 7.47. The average Bonchev–Trinajstić information content (AvgIpc) is 2.76. The van der Waals surface area contributed by atoms with Crippen LogP contribution in [0.2, 0.25) is 5.02 Å². The van der Waals surface area contributed by atoms with Gasteiger partial charge in [-0.25, -0.2) is 8.78 Å². The lowest BCUT2D eigenvalue weighted by Crippen LogP contribution is -2.45. The van der Waals surface area contributed by atoms with Crippen LogP contribution in [0.3, 0.4) is 0 Å². The maximum absolute atomic E-state index is 14.4. The summed E-state index contributed by atoms with van der Waals surface area (Å²) in [6, 6.07) is 9.87. The number of halogens is 3. The number of carbonyl (C=O) groups excluding carboxylic acids is 1. The third-order valence-electron chi connectivity index (χ3n) is 5.53. The lowest BCUT2D eigenvalue weighted by atomic mass is 10.0. The molecule has 0 saturated heterocycles. The van der Waals surface area contributed by atoms with Crippen LogP contribution in [0.1, 0.15) is 22.3 Å². The molecule has 1 aromatic heterocycles. The summed E-state index contributed by atoms with van der Waals surface area (Å²) < 4.78 is 28.4. The van der Waals surface area contributed by atoms with E-state index in [1.807, 2.05) is 0 Å². The van der Waals surface area contributed by atoms with Gasteiger partial charge in [-0.1, -0.05) is 11.6 Å². The van der Waals surface area contributed by atoms with Crippen LogP contribution in [0.4, 0.5) is 31.7 Å². The first-order valence-corrected chi connectivity index (χ1v) is 10.1. The zero-order valence-electron chi connectivity index (χ0n) is 16.2. The molecular formula is C22H17ClF2N4O2. The molecule has 3 aromatic rings. The SMILES string of the molecule is O=C1c2cc(Cl)c(F)cc2N2CN1c1ccc(=O)[nH]c1NCCCc1cc(F)ccc12. The van der Waals surface area contributed by atoms with Gasteiger partial charge in [0.25, 0.3) is 5.91 Å². The number of amides is 1. The molecule has 2 bridgehead atoms. The molecule has 2 aliphatic rings. The van der Waals surface area contributed by atoms with Crippen molar-refractivity contribution in [2.75, 3.05) is 28.3 Å². The Morgan fingerprint density at radius 1 is 0.935 bits per heavy atom. The maximum atomic E-state index is 14.4. The first kappa shape index (κ1) is 19.6. The molecule has 0 unspecified atom stereocenters. The zero-order chi connectivity index (χ0) is 21.7. The number of aryl methyl sites for hydroxylation is 1. The van der Waals surface area contributed by atoms with Gasteiger partial charge in [-0.2, -0.15) is 0 Å². The van der Waals surface area contributed by atoms with Crippen molar-refractivity contribution in [2.45, 2.75) is 12.8 Å². The Balaban J connectivity index is 1.78. The summed E-state index contributed by atoms with van der Waals surface area (Å²) in [4.78, 5) is 31.3. The van der Waals surface area contributed by atoms with Crippen molar-refractivity contribution < 1.29 is 13.6 Å². The predicted molar refractivity (Wildman–Crippen MR) is 115 cm³/mol. The number of nitrogens with one attached hydrogen (secondary N) is 2. The molecule has 0 radical (unpaired) electrons. The number of fused-ring (bicyclic) bond motifs is 8. The van der Waals surface area contributed by atoms with Crippen LogP contribution in [0.5, 0.6) is 0 Å². The van der Waals surface area contributed by atoms with E-state index in [4.69, 9.17) is 11.6 Å². The van der Waals surface area contributed by atoms with Crippen LogP contribution in [-0.2, 0) is 6.42 Å². The smallest absolute Gasteiger partial charge is 0.262 e. The van der Waals surface area contributed by atoms with E-state index < -0.39 is 5.82 Å². The molecule has 3 heterocycles. The van der Waals surface area contributed by atoms with Crippen molar-refractivity contribution in [1.82, 2.24) is 4.98 Å². The molecule has 6 nitrogen and oxygen atoms in total. The highest BCUT2D eigenvalue weighted by Gasteiger charge is 2.34. The number of rotatable bonds is 0. The topological polar surface area (TPSA) is 68.4 Å². The Kier molecular flexibility index (Phi) is 4.66. The molecule has 0 atom stereocenters. The molecule has 9 heteroatoms. The van der Waals surface area contributed by atoms with E-state index in [2.05, 4.69) is 10.3 Å².